The van der Waals surface area contributed by atoms with Crippen LogP contribution in [-0.4, -0.2) is 19.5 Å². The van der Waals surface area contributed by atoms with Crippen molar-refractivity contribution >= 4 is 46.1 Å². The highest BCUT2D eigenvalue weighted by Gasteiger charge is 2.12. The minimum Gasteiger partial charge on any atom is -0.325 e. The second kappa shape index (κ2) is 7.27. The number of carbonyl (C=O) groups excluding carboxylic acids is 1. The zero-order chi connectivity index (χ0) is 15.4. The van der Waals surface area contributed by atoms with Gasteiger partial charge < -0.3 is 10.2 Å². The van der Waals surface area contributed by atoms with Gasteiger partial charge in [-0.1, -0.05) is 29.3 Å². The molecule has 1 aromatic carbocycles. The summed E-state index contributed by atoms with van der Waals surface area (Å²) in [5.74, 6) is -0.0323. The maximum atomic E-state index is 12.0. The van der Waals surface area contributed by atoms with Crippen molar-refractivity contribution in [3.05, 3.63) is 50.1 Å². The Hall–Kier alpha value is -1.07. The van der Waals surface area contributed by atoms with Crippen LogP contribution in [0.1, 0.15) is 10.4 Å². The lowest BCUT2D eigenvalue weighted by Crippen LogP contribution is -3.08. The molecule has 0 aliphatic heterocycles. The molecule has 0 aliphatic carbocycles. The van der Waals surface area contributed by atoms with Crippen LogP contribution in [0.2, 0.25) is 9.36 Å². The van der Waals surface area contributed by atoms with E-state index >= 15 is 0 Å². The molecule has 0 spiro atoms. The molecule has 1 unspecified atom stereocenters. The van der Waals surface area contributed by atoms with Crippen molar-refractivity contribution in [2.75, 3.05) is 18.9 Å². The molecule has 0 saturated carbocycles. The van der Waals surface area contributed by atoms with E-state index in [1.807, 2.05) is 38.2 Å². The van der Waals surface area contributed by atoms with Crippen LogP contribution in [0, 0.1) is 6.92 Å². The van der Waals surface area contributed by atoms with Gasteiger partial charge in [0.2, 0.25) is 0 Å². The fourth-order valence-corrected chi connectivity index (χ4v) is 3.34. The molecule has 21 heavy (non-hydrogen) atoms. The summed E-state index contributed by atoms with van der Waals surface area (Å²) in [6.45, 7) is 3.10. The van der Waals surface area contributed by atoms with Crippen molar-refractivity contribution in [3.8, 4) is 0 Å². The molecule has 0 fully saturated rings. The molecule has 2 aromatic rings. The summed E-state index contributed by atoms with van der Waals surface area (Å²) < 4.78 is 0.775. The summed E-state index contributed by atoms with van der Waals surface area (Å²) in [5, 5.41) is 3.52. The van der Waals surface area contributed by atoms with E-state index in [1.54, 1.807) is 17.4 Å². The maximum absolute atomic E-state index is 12.0. The molecule has 6 heteroatoms. The monoisotopic (exact) mass is 343 g/mol. The third kappa shape index (κ3) is 5.00. The van der Waals surface area contributed by atoms with E-state index in [1.165, 1.54) is 4.88 Å². The quantitative estimate of drug-likeness (QED) is 0.859. The molecule has 1 aromatic heterocycles. The number of benzene rings is 1. The van der Waals surface area contributed by atoms with E-state index < -0.39 is 0 Å². The van der Waals surface area contributed by atoms with Gasteiger partial charge in [-0.2, -0.15) is 0 Å². The molecule has 2 rings (SSSR count). The zero-order valence-corrected chi connectivity index (χ0v) is 14.2. The van der Waals surface area contributed by atoms with Crippen molar-refractivity contribution in [2.24, 2.45) is 0 Å². The van der Waals surface area contributed by atoms with Crippen LogP contribution in [0.4, 0.5) is 5.69 Å². The van der Waals surface area contributed by atoms with Gasteiger partial charge in [-0.25, -0.2) is 0 Å². The highest BCUT2D eigenvalue weighted by molar-refractivity contribution is 7.16. The summed E-state index contributed by atoms with van der Waals surface area (Å²) in [6, 6.07) is 9.39. The van der Waals surface area contributed by atoms with Gasteiger partial charge in [0.15, 0.2) is 6.54 Å². The summed E-state index contributed by atoms with van der Waals surface area (Å²) >= 11 is 13.5. The normalized spacial score (nSPS) is 12.2. The zero-order valence-electron chi connectivity index (χ0n) is 11.9. The number of nitrogens with one attached hydrogen (secondary N) is 2. The molecule has 3 nitrogen and oxygen atoms in total. The number of quaternary nitrogens is 1. The number of aryl methyl sites for hydroxylation is 1. The van der Waals surface area contributed by atoms with Gasteiger partial charge in [-0.05, 0) is 36.8 Å². The Kier molecular flexibility index (Phi) is 5.65. The van der Waals surface area contributed by atoms with Crippen LogP contribution in [0.3, 0.4) is 0 Å². The standard InChI is InChI=1S/C15H16Cl2N2OS/c1-10-3-4-11(7-13(10)16)18-15(20)9-19(2)8-12-5-6-14(17)21-12/h3-7H,8-9H2,1-2H3,(H,18,20)/p+1. The number of thiophene rings is 1. The number of halogens is 2. The molecule has 0 radical (unpaired) electrons. The molecule has 112 valence electrons. The van der Waals surface area contributed by atoms with E-state index in [4.69, 9.17) is 23.2 Å². The number of hydrogen-bond donors (Lipinski definition) is 2. The SMILES string of the molecule is Cc1ccc(NC(=O)C[NH+](C)Cc2ccc(Cl)s2)cc1Cl. The molecular formula is C15H17Cl2N2OS+. The largest absolute Gasteiger partial charge is 0.325 e. The maximum Gasteiger partial charge on any atom is 0.279 e. The second-order valence-corrected chi connectivity index (χ2v) is 7.24. The van der Waals surface area contributed by atoms with Gasteiger partial charge in [0.1, 0.15) is 6.54 Å². The van der Waals surface area contributed by atoms with Gasteiger partial charge in [0, 0.05) is 10.7 Å². The first-order chi connectivity index (χ1) is 9.94. The van der Waals surface area contributed by atoms with Gasteiger partial charge >= 0.3 is 0 Å². The predicted molar refractivity (Wildman–Crippen MR) is 89.6 cm³/mol. The Labute approximate surface area is 138 Å². The van der Waals surface area contributed by atoms with Crippen molar-refractivity contribution < 1.29 is 9.69 Å². The van der Waals surface area contributed by atoms with Gasteiger partial charge in [0.05, 0.1) is 16.3 Å². The van der Waals surface area contributed by atoms with E-state index in [9.17, 15) is 4.79 Å². The Bertz CT molecular complexity index is 642. The molecular weight excluding hydrogens is 327 g/mol. The molecule has 0 aliphatic rings. The van der Waals surface area contributed by atoms with E-state index in [0.717, 1.165) is 27.0 Å². The number of carbonyl (C=O) groups is 1. The van der Waals surface area contributed by atoms with Crippen LogP contribution < -0.4 is 10.2 Å². The van der Waals surface area contributed by atoms with Crippen molar-refractivity contribution in [3.63, 3.8) is 0 Å². The average Bonchev–Trinajstić information content (AvgIpc) is 2.79. The summed E-state index contributed by atoms with van der Waals surface area (Å²) in [7, 11) is 1.98. The fourth-order valence-electron chi connectivity index (χ4n) is 1.96. The van der Waals surface area contributed by atoms with E-state index in [-0.39, 0.29) is 5.91 Å². The molecule has 0 bridgehead atoms. The predicted octanol–water partition coefficient (Wildman–Crippen LogP) is 3.02. The second-order valence-electron chi connectivity index (χ2n) is 5.03. The first kappa shape index (κ1) is 16.3. The third-order valence-electron chi connectivity index (χ3n) is 3.02. The van der Waals surface area contributed by atoms with E-state index in [0.29, 0.717) is 11.6 Å². The van der Waals surface area contributed by atoms with Crippen molar-refractivity contribution in [1.29, 1.82) is 0 Å². The Balaban J connectivity index is 1.87. The Morgan fingerprint density at radius 1 is 1.29 bits per heavy atom. The topological polar surface area (TPSA) is 33.5 Å². The summed E-state index contributed by atoms with van der Waals surface area (Å²) in [6.07, 6.45) is 0. The lowest BCUT2D eigenvalue weighted by molar-refractivity contribution is -0.884. The first-order valence-corrected chi connectivity index (χ1v) is 8.13. The van der Waals surface area contributed by atoms with Gasteiger partial charge in [-0.15, -0.1) is 11.3 Å². The molecule has 1 heterocycles. The lowest BCUT2D eigenvalue weighted by Gasteiger charge is -2.13. The Morgan fingerprint density at radius 2 is 2.05 bits per heavy atom. The average molecular weight is 344 g/mol. The van der Waals surface area contributed by atoms with Crippen LogP contribution in [0.25, 0.3) is 0 Å². The smallest absolute Gasteiger partial charge is 0.279 e. The molecule has 2 N–H and O–H groups in total. The minimum absolute atomic E-state index is 0.0323. The number of amides is 1. The van der Waals surface area contributed by atoms with Gasteiger partial charge in [-0.3, -0.25) is 4.79 Å². The molecule has 1 atom stereocenters. The number of hydrogen-bond acceptors (Lipinski definition) is 2. The van der Waals surface area contributed by atoms with E-state index in [2.05, 4.69) is 5.32 Å². The minimum atomic E-state index is -0.0323. The van der Waals surface area contributed by atoms with Crippen LogP contribution in [-0.2, 0) is 11.3 Å². The van der Waals surface area contributed by atoms with Crippen LogP contribution >= 0.6 is 34.5 Å². The fraction of sp³-hybridized carbons (Fsp3) is 0.267. The third-order valence-corrected chi connectivity index (χ3v) is 4.66. The summed E-state index contributed by atoms with van der Waals surface area (Å²) in [5.41, 5.74) is 1.72. The number of rotatable bonds is 5. The van der Waals surface area contributed by atoms with Gasteiger partial charge in [0.25, 0.3) is 5.91 Å². The highest BCUT2D eigenvalue weighted by Crippen LogP contribution is 2.21. The first-order valence-electron chi connectivity index (χ1n) is 6.55. The molecule has 1 amide bonds. The molecule has 0 saturated heterocycles. The Morgan fingerprint density at radius 3 is 2.67 bits per heavy atom. The van der Waals surface area contributed by atoms with Crippen molar-refractivity contribution in [1.82, 2.24) is 0 Å². The highest BCUT2D eigenvalue weighted by atomic mass is 35.5. The van der Waals surface area contributed by atoms with Crippen molar-refractivity contribution in [2.45, 2.75) is 13.5 Å². The van der Waals surface area contributed by atoms with Crippen LogP contribution in [0.15, 0.2) is 30.3 Å². The number of likely N-dealkylation sites (N-methyl/N-ethyl adjacent to an activating group) is 1. The number of anilines is 1. The van der Waals surface area contributed by atoms with Crippen LogP contribution in [0.5, 0.6) is 0 Å². The lowest BCUT2D eigenvalue weighted by atomic mass is 10.2. The summed E-state index contributed by atoms with van der Waals surface area (Å²) in [4.78, 5) is 14.3.